The van der Waals surface area contributed by atoms with Gasteiger partial charge in [0.2, 0.25) is 0 Å². The number of benzene rings is 1. The number of anilines is 1. The van der Waals surface area contributed by atoms with E-state index in [1.807, 2.05) is 0 Å². The Kier molecular flexibility index (Phi) is 5.94. The van der Waals surface area contributed by atoms with E-state index in [-0.39, 0.29) is 34.0 Å². The second-order valence-corrected chi connectivity index (χ2v) is 6.81. The highest BCUT2D eigenvalue weighted by atomic mass is 19.1. The molecule has 158 valence electrons. The summed E-state index contributed by atoms with van der Waals surface area (Å²) in [6, 6.07) is 7.76. The van der Waals surface area contributed by atoms with E-state index in [0.29, 0.717) is 26.3 Å². The molecule has 3 aromatic rings. The van der Waals surface area contributed by atoms with Crippen LogP contribution in [0.2, 0.25) is 0 Å². The van der Waals surface area contributed by atoms with Gasteiger partial charge < -0.3 is 15.0 Å². The van der Waals surface area contributed by atoms with Gasteiger partial charge in [-0.2, -0.15) is 0 Å². The minimum atomic E-state index is -0.747. The van der Waals surface area contributed by atoms with Gasteiger partial charge in [-0.25, -0.2) is 8.78 Å². The van der Waals surface area contributed by atoms with Crippen molar-refractivity contribution in [3.63, 3.8) is 0 Å². The van der Waals surface area contributed by atoms with E-state index in [0.717, 1.165) is 12.1 Å². The summed E-state index contributed by atoms with van der Waals surface area (Å²) in [6.07, 6.45) is 4.12. The van der Waals surface area contributed by atoms with Gasteiger partial charge >= 0.3 is 0 Å². The van der Waals surface area contributed by atoms with E-state index in [1.54, 1.807) is 4.90 Å². The average molecular weight is 424 g/mol. The number of hydrogen-bond donors (Lipinski definition) is 1. The first-order chi connectivity index (χ1) is 15.0. The first kappa shape index (κ1) is 20.5. The summed E-state index contributed by atoms with van der Waals surface area (Å²) in [4.78, 5) is 35.2. The van der Waals surface area contributed by atoms with Crippen LogP contribution in [-0.2, 0) is 4.74 Å². The van der Waals surface area contributed by atoms with Gasteiger partial charge in [0.15, 0.2) is 0 Å². The molecular weight excluding hydrogens is 406 g/mol. The van der Waals surface area contributed by atoms with Crippen LogP contribution in [0.1, 0.15) is 20.8 Å². The monoisotopic (exact) mass is 424 g/mol. The Balaban J connectivity index is 1.59. The van der Waals surface area contributed by atoms with Crippen molar-refractivity contribution in [1.82, 2.24) is 14.9 Å². The van der Waals surface area contributed by atoms with Gasteiger partial charge in [0.05, 0.1) is 36.2 Å². The standard InChI is InChI=1S/C22H18F2N4O3/c23-16-2-1-3-17(24)20(16)14-4-7-26-18(12-14)21(29)27-19-13-25-6-5-15(19)22(30)28-8-10-31-11-9-28/h1-7,12-13H,8-11H2,(H,27,29). The van der Waals surface area contributed by atoms with Crippen LogP contribution >= 0.6 is 0 Å². The second-order valence-electron chi connectivity index (χ2n) is 6.81. The fraction of sp³-hybridized carbons (Fsp3) is 0.182. The van der Waals surface area contributed by atoms with Crippen molar-refractivity contribution in [2.45, 2.75) is 0 Å². The number of carbonyl (C=O) groups excluding carboxylic acids is 2. The molecule has 4 rings (SSSR count). The number of ether oxygens (including phenoxy) is 1. The van der Waals surface area contributed by atoms with E-state index in [4.69, 9.17) is 4.74 Å². The lowest BCUT2D eigenvalue weighted by atomic mass is 10.0. The van der Waals surface area contributed by atoms with Gasteiger partial charge in [-0.3, -0.25) is 19.6 Å². The third-order valence-corrected chi connectivity index (χ3v) is 4.84. The van der Waals surface area contributed by atoms with Crippen LogP contribution in [0.25, 0.3) is 11.1 Å². The van der Waals surface area contributed by atoms with E-state index in [2.05, 4.69) is 15.3 Å². The number of rotatable bonds is 4. The van der Waals surface area contributed by atoms with Crippen LogP contribution in [0.5, 0.6) is 0 Å². The molecule has 31 heavy (non-hydrogen) atoms. The van der Waals surface area contributed by atoms with E-state index >= 15 is 0 Å². The second kappa shape index (κ2) is 8.97. The van der Waals surface area contributed by atoms with Crippen LogP contribution in [0.15, 0.2) is 55.0 Å². The first-order valence-electron chi connectivity index (χ1n) is 9.57. The van der Waals surface area contributed by atoms with Crippen LogP contribution in [0.4, 0.5) is 14.5 Å². The van der Waals surface area contributed by atoms with E-state index in [1.165, 1.54) is 42.9 Å². The van der Waals surface area contributed by atoms with Gasteiger partial charge in [0.1, 0.15) is 17.3 Å². The summed E-state index contributed by atoms with van der Waals surface area (Å²) >= 11 is 0. The van der Waals surface area contributed by atoms with Crippen LogP contribution in [0, 0.1) is 11.6 Å². The zero-order valence-electron chi connectivity index (χ0n) is 16.3. The number of amides is 2. The number of hydrogen-bond acceptors (Lipinski definition) is 5. The maximum atomic E-state index is 14.1. The molecule has 0 saturated carbocycles. The number of nitrogens with zero attached hydrogens (tertiary/aromatic N) is 3. The van der Waals surface area contributed by atoms with Gasteiger partial charge in [0, 0.05) is 25.5 Å². The Morgan fingerprint density at radius 2 is 1.77 bits per heavy atom. The lowest BCUT2D eigenvalue weighted by Gasteiger charge is -2.27. The predicted octanol–water partition coefficient (Wildman–Crippen LogP) is 3.15. The number of pyridine rings is 2. The fourth-order valence-electron chi connectivity index (χ4n) is 3.29. The molecule has 2 amide bonds. The number of morpholine rings is 1. The molecular formula is C22H18F2N4O3. The third-order valence-electron chi connectivity index (χ3n) is 4.84. The van der Waals surface area contributed by atoms with Crippen molar-refractivity contribution in [3.8, 4) is 11.1 Å². The normalized spacial score (nSPS) is 13.7. The fourth-order valence-corrected chi connectivity index (χ4v) is 3.29. The minimum Gasteiger partial charge on any atom is -0.378 e. The smallest absolute Gasteiger partial charge is 0.274 e. The Morgan fingerprint density at radius 1 is 1.03 bits per heavy atom. The largest absolute Gasteiger partial charge is 0.378 e. The molecule has 0 aliphatic carbocycles. The molecule has 7 nitrogen and oxygen atoms in total. The molecule has 3 heterocycles. The summed E-state index contributed by atoms with van der Waals surface area (Å²) in [5.41, 5.74) is 0.360. The Hall–Kier alpha value is -3.72. The quantitative estimate of drug-likeness (QED) is 0.696. The predicted molar refractivity (Wildman–Crippen MR) is 109 cm³/mol. The zero-order chi connectivity index (χ0) is 21.8. The SMILES string of the molecule is O=C(Nc1cnccc1C(=O)N1CCOCC1)c1cc(-c2c(F)cccc2F)ccn1. The molecule has 2 aromatic heterocycles. The topological polar surface area (TPSA) is 84.4 Å². The summed E-state index contributed by atoms with van der Waals surface area (Å²) in [5.74, 6) is -2.38. The number of carbonyl (C=O) groups is 2. The van der Waals surface area contributed by atoms with Crippen LogP contribution in [-0.4, -0.2) is 53.0 Å². The van der Waals surface area contributed by atoms with Crippen molar-refractivity contribution in [2.75, 3.05) is 31.6 Å². The molecule has 1 aliphatic heterocycles. The molecule has 1 aliphatic rings. The highest BCUT2D eigenvalue weighted by Crippen LogP contribution is 2.26. The van der Waals surface area contributed by atoms with Crippen LogP contribution < -0.4 is 5.32 Å². The molecule has 0 unspecified atom stereocenters. The number of halogens is 2. The summed E-state index contributed by atoms with van der Waals surface area (Å²) < 4.78 is 33.5. The number of aromatic nitrogens is 2. The minimum absolute atomic E-state index is 0.0613. The highest BCUT2D eigenvalue weighted by Gasteiger charge is 2.22. The molecule has 1 aromatic carbocycles. The summed E-state index contributed by atoms with van der Waals surface area (Å²) in [6.45, 7) is 1.79. The van der Waals surface area contributed by atoms with Crippen molar-refractivity contribution >= 4 is 17.5 Å². The lowest BCUT2D eigenvalue weighted by molar-refractivity contribution is 0.0303. The maximum absolute atomic E-state index is 14.1. The molecule has 0 bridgehead atoms. The Labute approximate surface area is 176 Å². The lowest BCUT2D eigenvalue weighted by Crippen LogP contribution is -2.41. The summed E-state index contributed by atoms with van der Waals surface area (Å²) in [7, 11) is 0. The first-order valence-corrected chi connectivity index (χ1v) is 9.57. The molecule has 0 spiro atoms. The average Bonchev–Trinajstić information content (AvgIpc) is 2.80. The van der Waals surface area contributed by atoms with Crippen molar-refractivity contribution in [1.29, 1.82) is 0 Å². The van der Waals surface area contributed by atoms with Crippen molar-refractivity contribution in [3.05, 3.63) is 77.9 Å². The van der Waals surface area contributed by atoms with Gasteiger partial charge in [0.25, 0.3) is 11.8 Å². The summed E-state index contributed by atoms with van der Waals surface area (Å²) in [5, 5.41) is 2.62. The molecule has 9 heteroatoms. The number of nitrogens with one attached hydrogen (secondary N) is 1. The Bertz CT molecular complexity index is 1110. The third kappa shape index (κ3) is 4.41. The van der Waals surface area contributed by atoms with Gasteiger partial charge in [-0.15, -0.1) is 0 Å². The molecule has 1 fully saturated rings. The van der Waals surface area contributed by atoms with Crippen molar-refractivity contribution < 1.29 is 23.1 Å². The highest BCUT2D eigenvalue weighted by molar-refractivity contribution is 6.08. The zero-order valence-corrected chi connectivity index (χ0v) is 16.3. The van der Waals surface area contributed by atoms with Gasteiger partial charge in [-0.05, 0) is 35.9 Å². The molecule has 0 radical (unpaired) electrons. The van der Waals surface area contributed by atoms with E-state index in [9.17, 15) is 18.4 Å². The molecule has 1 saturated heterocycles. The van der Waals surface area contributed by atoms with Crippen molar-refractivity contribution in [2.24, 2.45) is 0 Å². The molecule has 1 N–H and O–H groups in total. The Morgan fingerprint density at radius 3 is 2.52 bits per heavy atom. The molecule has 0 atom stereocenters. The van der Waals surface area contributed by atoms with Gasteiger partial charge in [-0.1, -0.05) is 6.07 Å². The van der Waals surface area contributed by atoms with Crippen LogP contribution in [0.3, 0.4) is 0 Å². The maximum Gasteiger partial charge on any atom is 0.274 e. The van der Waals surface area contributed by atoms with E-state index < -0.39 is 17.5 Å².